The minimum Gasteiger partial charge on any atom is -0.481 e. The van der Waals surface area contributed by atoms with Gasteiger partial charge >= 0.3 is 5.97 Å². The van der Waals surface area contributed by atoms with Gasteiger partial charge in [0.15, 0.2) is 0 Å². The number of nitrogens with one attached hydrogen (secondary N) is 1. The van der Waals surface area contributed by atoms with Crippen molar-refractivity contribution >= 4 is 17.4 Å². The molecule has 2 unspecified atom stereocenters. The number of allylic oxidation sites excluding steroid dienone is 3. The van der Waals surface area contributed by atoms with E-state index in [1.807, 2.05) is 29.2 Å². The minimum atomic E-state index is -0.811. The van der Waals surface area contributed by atoms with Gasteiger partial charge in [-0.15, -0.1) is 0 Å². The van der Waals surface area contributed by atoms with Crippen LogP contribution in [0.15, 0.2) is 54.1 Å². The summed E-state index contributed by atoms with van der Waals surface area (Å²) >= 11 is 0. The van der Waals surface area contributed by atoms with Crippen LogP contribution in [-0.4, -0.2) is 48.1 Å². The van der Waals surface area contributed by atoms with Gasteiger partial charge in [-0.3, -0.25) is 9.59 Å². The fraction of sp³-hybridized carbons (Fsp3) is 0.500. The van der Waals surface area contributed by atoms with Crippen LogP contribution in [0.4, 0.5) is 0 Å². The smallest absolute Gasteiger partial charge is 0.307 e. The number of hydrogen-bond donors (Lipinski definition) is 2. The average Bonchev–Trinajstić information content (AvgIpc) is 3.00. The van der Waals surface area contributed by atoms with Crippen molar-refractivity contribution in [2.24, 2.45) is 23.7 Å². The highest BCUT2D eigenvalue weighted by molar-refractivity contribution is 5.96. The third-order valence-corrected chi connectivity index (χ3v) is 8.06. The van der Waals surface area contributed by atoms with Crippen LogP contribution in [0.5, 0.6) is 0 Å². The first-order chi connectivity index (χ1) is 16.1. The summed E-state index contributed by atoms with van der Waals surface area (Å²) in [5.74, 6) is 1.21. The van der Waals surface area contributed by atoms with Crippen molar-refractivity contribution in [2.45, 2.75) is 38.5 Å². The predicted molar refractivity (Wildman–Crippen MR) is 129 cm³/mol. The van der Waals surface area contributed by atoms with Crippen LogP contribution in [0.2, 0.25) is 0 Å². The van der Waals surface area contributed by atoms with Crippen molar-refractivity contribution in [3.8, 4) is 0 Å². The topological polar surface area (TPSA) is 69.6 Å². The molecular formula is C28H34N2O3. The highest BCUT2D eigenvalue weighted by Crippen LogP contribution is 2.38. The summed E-state index contributed by atoms with van der Waals surface area (Å²) in [6.07, 6.45) is 13.9. The van der Waals surface area contributed by atoms with Gasteiger partial charge in [0, 0.05) is 24.6 Å². The summed E-state index contributed by atoms with van der Waals surface area (Å²) in [5.41, 5.74) is 3.87. The SMILES string of the molecule is O=C(O)CC1=CC2C=CC(C(=O)N3CCC(C4CCNCC4)CC3)=CC2Cc2ccccc21. The number of benzene rings is 1. The molecule has 0 bridgehead atoms. The molecule has 4 aliphatic rings. The van der Waals surface area contributed by atoms with E-state index in [-0.39, 0.29) is 24.2 Å². The number of piperidine rings is 2. The quantitative estimate of drug-likeness (QED) is 0.732. The molecule has 1 amide bonds. The number of carboxylic acids is 1. The molecule has 2 atom stereocenters. The summed E-state index contributed by atoms with van der Waals surface area (Å²) in [4.78, 5) is 26.9. The van der Waals surface area contributed by atoms with Crippen LogP contribution in [-0.2, 0) is 16.0 Å². The molecule has 2 aliphatic carbocycles. The van der Waals surface area contributed by atoms with Crippen LogP contribution in [0.25, 0.3) is 5.57 Å². The zero-order valence-electron chi connectivity index (χ0n) is 19.2. The number of hydrogen-bond acceptors (Lipinski definition) is 3. The molecule has 5 nitrogen and oxygen atoms in total. The Bertz CT molecular complexity index is 994. The molecule has 0 radical (unpaired) electrons. The fourth-order valence-electron chi connectivity index (χ4n) is 6.25. The predicted octanol–water partition coefficient (Wildman–Crippen LogP) is 4.07. The number of carbonyl (C=O) groups is 2. The Balaban J connectivity index is 1.29. The Labute approximate surface area is 196 Å². The number of amides is 1. The molecule has 0 aromatic heterocycles. The molecule has 2 aliphatic heterocycles. The highest BCUT2D eigenvalue weighted by Gasteiger charge is 2.32. The van der Waals surface area contributed by atoms with Crippen LogP contribution in [0.1, 0.15) is 43.2 Å². The van der Waals surface area contributed by atoms with E-state index in [0.29, 0.717) is 0 Å². The van der Waals surface area contributed by atoms with Gasteiger partial charge in [-0.2, -0.15) is 0 Å². The standard InChI is InChI=1S/C28H34N2O3/c31-27(32)18-25-15-21-5-6-23(17-24(21)16-22-3-1-2-4-26(22)25)28(33)30-13-9-20(10-14-30)19-7-11-29-12-8-19/h1-6,15,17,19-21,24,29H,7-14,16,18H2,(H,31,32). The van der Waals surface area contributed by atoms with Crippen molar-refractivity contribution in [3.63, 3.8) is 0 Å². The summed E-state index contributed by atoms with van der Waals surface area (Å²) in [5, 5.41) is 12.9. The number of rotatable bonds is 4. The zero-order chi connectivity index (χ0) is 22.8. The van der Waals surface area contributed by atoms with Crippen LogP contribution >= 0.6 is 0 Å². The second-order valence-electron chi connectivity index (χ2n) is 10.1. The first-order valence-electron chi connectivity index (χ1n) is 12.5. The Kier molecular flexibility index (Phi) is 6.50. The van der Waals surface area contributed by atoms with Gasteiger partial charge < -0.3 is 15.3 Å². The number of fused-ring (bicyclic) bond motifs is 2. The minimum absolute atomic E-state index is 0.0234. The molecule has 5 heteroatoms. The molecular weight excluding hydrogens is 412 g/mol. The summed E-state index contributed by atoms with van der Waals surface area (Å²) < 4.78 is 0. The number of nitrogens with zero attached hydrogens (tertiary/aromatic N) is 1. The maximum atomic E-state index is 13.4. The normalized spacial score (nSPS) is 26.0. The van der Waals surface area contributed by atoms with E-state index in [0.717, 1.165) is 74.0 Å². The van der Waals surface area contributed by atoms with Gasteiger partial charge in [0.1, 0.15) is 0 Å². The lowest BCUT2D eigenvalue weighted by molar-refractivity contribution is -0.135. The van der Waals surface area contributed by atoms with Crippen LogP contribution < -0.4 is 5.32 Å². The lowest BCUT2D eigenvalue weighted by Gasteiger charge is -2.38. The third-order valence-electron chi connectivity index (χ3n) is 8.06. The molecule has 5 rings (SSSR count). The maximum Gasteiger partial charge on any atom is 0.307 e. The molecule has 2 N–H and O–H groups in total. The maximum absolute atomic E-state index is 13.4. The molecule has 1 aromatic rings. The largest absolute Gasteiger partial charge is 0.481 e. The Morgan fingerprint density at radius 3 is 2.48 bits per heavy atom. The second kappa shape index (κ2) is 9.68. The third kappa shape index (κ3) is 4.84. The van der Waals surface area contributed by atoms with E-state index in [1.165, 1.54) is 18.4 Å². The van der Waals surface area contributed by atoms with E-state index in [4.69, 9.17) is 0 Å². The fourth-order valence-corrected chi connectivity index (χ4v) is 6.25. The summed E-state index contributed by atoms with van der Waals surface area (Å²) in [6.45, 7) is 3.99. The van der Waals surface area contributed by atoms with Crippen molar-refractivity contribution < 1.29 is 14.7 Å². The first kappa shape index (κ1) is 22.1. The zero-order valence-corrected chi connectivity index (χ0v) is 19.2. The van der Waals surface area contributed by atoms with E-state index in [9.17, 15) is 14.7 Å². The van der Waals surface area contributed by atoms with E-state index in [2.05, 4.69) is 29.6 Å². The molecule has 2 heterocycles. The van der Waals surface area contributed by atoms with Crippen molar-refractivity contribution in [1.82, 2.24) is 10.2 Å². The van der Waals surface area contributed by atoms with Crippen LogP contribution in [0.3, 0.4) is 0 Å². The Morgan fingerprint density at radius 1 is 1.00 bits per heavy atom. The highest BCUT2D eigenvalue weighted by atomic mass is 16.4. The Hall–Kier alpha value is -2.66. The lowest BCUT2D eigenvalue weighted by atomic mass is 9.79. The summed E-state index contributed by atoms with van der Waals surface area (Å²) in [7, 11) is 0. The second-order valence-corrected chi connectivity index (χ2v) is 10.1. The van der Waals surface area contributed by atoms with Gasteiger partial charge in [0.05, 0.1) is 6.42 Å². The van der Waals surface area contributed by atoms with Crippen molar-refractivity contribution in [1.29, 1.82) is 0 Å². The summed E-state index contributed by atoms with van der Waals surface area (Å²) in [6, 6.07) is 8.09. The number of aliphatic carboxylic acids is 1. The molecule has 174 valence electrons. The lowest BCUT2D eigenvalue weighted by Crippen LogP contribution is -2.42. The van der Waals surface area contributed by atoms with Gasteiger partial charge in [-0.25, -0.2) is 0 Å². The van der Waals surface area contributed by atoms with Crippen molar-refractivity contribution in [3.05, 3.63) is 65.3 Å². The number of carboxylic acid groups (broad SMARTS) is 1. The van der Waals surface area contributed by atoms with Crippen molar-refractivity contribution in [2.75, 3.05) is 26.2 Å². The van der Waals surface area contributed by atoms with E-state index < -0.39 is 5.97 Å². The molecule has 2 saturated heterocycles. The first-order valence-corrected chi connectivity index (χ1v) is 12.5. The average molecular weight is 447 g/mol. The molecule has 0 saturated carbocycles. The molecule has 33 heavy (non-hydrogen) atoms. The molecule has 0 spiro atoms. The Morgan fingerprint density at radius 2 is 1.73 bits per heavy atom. The molecule has 2 fully saturated rings. The van der Waals surface area contributed by atoms with Gasteiger partial charge in [-0.05, 0) is 79.6 Å². The van der Waals surface area contributed by atoms with Crippen LogP contribution in [0, 0.1) is 23.7 Å². The number of carbonyl (C=O) groups excluding carboxylic acids is 1. The van der Waals surface area contributed by atoms with Gasteiger partial charge in [0.25, 0.3) is 5.91 Å². The van der Waals surface area contributed by atoms with Gasteiger partial charge in [-0.1, -0.05) is 48.6 Å². The van der Waals surface area contributed by atoms with E-state index >= 15 is 0 Å². The monoisotopic (exact) mass is 446 g/mol. The van der Waals surface area contributed by atoms with E-state index in [1.54, 1.807) is 0 Å². The van der Waals surface area contributed by atoms with Gasteiger partial charge in [0.2, 0.25) is 0 Å². The number of likely N-dealkylation sites (tertiary alicyclic amines) is 1. The molecule has 1 aromatic carbocycles.